The van der Waals surface area contributed by atoms with Gasteiger partial charge in [-0.25, -0.2) is 0 Å². The highest BCUT2D eigenvalue weighted by Crippen LogP contribution is 2.34. The van der Waals surface area contributed by atoms with Crippen LogP contribution in [0.4, 0.5) is 18.9 Å². The van der Waals surface area contributed by atoms with Crippen LogP contribution in [-0.2, 0) is 12.8 Å². The fourth-order valence-electron chi connectivity index (χ4n) is 1.33. The number of aliphatic hydroxyl groups excluding tert-OH is 1. The summed E-state index contributed by atoms with van der Waals surface area (Å²) in [5.41, 5.74) is -1.86. The maximum Gasteiger partial charge on any atom is 0.416 e. The minimum absolute atomic E-state index is 0.0454. The monoisotopic (exact) mass is 235 g/mol. The van der Waals surface area contributed by atoms with Gasteiger partial charge in [-0.3, -0.25) is 10.1 Å². The predicted octanol–water partition coefficient (Wildman–Crippen LogP) is 2.41. The lowest BCUT2D eigenvalue weighted by atomic mass is 10.0. The molecular formula is C9H8F3NO3. The predicted molar refractivity (Wildman–Crippen MR) is 48.8 cm³/mol. The number of nitro benzene ring substituents is 1. The summed E-state index contributed by atoms with van der Waals surface area (Å²) in [6.45, 7) is 0.619. The van der Waals surface area contributed by atoms with Crippen molar-refractivity contribution in [3.05, 3.63) is 38.9 Å². The second kappa shape index (κ2) is 4.09. The number of benzene rings is 1. The summed E-state index contributed by atoms with van der Waals surface area (Å²) in [7, 11) is 0. The Morgan fingerprint density at radius 1 is 1.44 bits per heavy atom. The fourth-order valence-corrected chi connectivity index (χ4v) is 1.33. The Bertz CT molecular complexity index is 429. The van der Waals surface area contributed by atoms with Crippen molar-refractivity contribution in [1.82, 2.24) is 0 Å². The van der Waals surface area contributed by atoms with E-state index in [1.54, 1.807) is 0 Å². The van der Waals surface area contributed by atoms with Crippen molar-refractivity contribution in [3.63, 3.8) is 0 Å². The van der Waals surface area contributed by atoms with Crippen LogP contribution < -0.4 is 0 Å². The summed E-state index contributed by atoms with van der Waals surface area (Å²) in [4.78, 5) is 9.60. The summed E-state index contributed by atoms with van der Waals surface area (Å²) in [5, 5.41) is 19.4. The van der Waals surface area contributed by atoms with Crippen molar-refractivity contribution in [3.8, 4) is 0 Å². The molecule has 1 N–H and O–H groups in total. The molecule has 0 saturated heterocycles. The Hall–Kier alpha value is -1.63. The maximum atomic E-state index is 12.4. The largest absolute Gasteiger partial charge is 0.416 e. The number of alkyl halides is 3. The van der Waals surface area contributed by atoms with Crippen molar-refractivity contribution >= 4 is 5.69 Å². The van der Waals surface area contributed by atoms with Gasteiger partial charge in [-0.1, -0.05) is 0 Å². The highest BCUT2D eigenvalue weighted by Gasteiger charge is 2.33. The zero-order valence-electron chi connectivity index (χ0n) is 8.21. The number of nitrogens with zero attached hydrogens (tertiary/aromatic N) is 1. The average Bonchev–Trinajstić information content (AvgIpc) is 2.14. The van der Waals surface area contributed by atoms with E-state index in [1.807, 2.05) is 0 Å². The lowest BCUT2D eigenvalue weighted by molar-refractivity contribution is -0.386. The van der Waals surface area contributed by atoms with Gasteiger partial charge in [0.2, 0.25) is 0 Å². The molecule has 0 unspecified atom stereocenters. The number of hydrogen-bond acceptors (Lipinski definition) is 3. The van der Waals surface area contributed by atoms with E-state index in [0.29, 0.717) is 6.07 Å². The second-order valence-electron chi connectivity index (χ2n) is 3.20. The molecule has 0 aliphatic heterocycles. The number of rotatable bonds is 2. The van der Waals surface area contributed by atoms with E-state index in [1.165, 1.54) is 6.92 Å². The van der Waals surface area contributed by atoms with Gasteiger partial charge in [0.1, 0.15) is 0 Å². The normalized spacial score (nSPS) is 11.6. The van der Waals surface area contributed by atoms with Crippen molar-refractivity contribution in [2.45, 2.75) is 19.7 Å². The van der Waals surface area contributed by atoms with Gasteiger partial charge < -0.3 is 5.11 Å². The van der Waals surface area contributed by atoms with Crippen LogP contribution in [0.5, 0.6) is 0 Å². The molecule has 0 radical (unpaired) electrons. The molecule has 0 saturated carbocycles. The molecule has 0 bridgehead atoms. The quantitative estimate of drug-likeness (QED) is 0.632. The van der Waals surface area contributed by atoms with E-state index >= 15 is 0 Å². The van der Waals surface area contributed by atoms with Gasteiger partial charge in [0, 0.05) is 6.07 Å². The maximum absolute atomic E-state index is 12.4. The van der Waals surface area contributed by atoms with Gasteiger partial charge >= 0.3 is 6.18 Å². The molecule has 1 aromatic rings. The van der Waals surface area contributed by atoms with Crippen LogP contribution in [0.25, 0.3) is 0 Å². The molecule has 4 nitrogen and oxygen atoms in total. The molecule has 0 spiro atoms. The molecule has 7 heteroatoms. The first kappa shape index (κ1) is 12.4. The van der Waals surface area contributed by atoms with Crippen molar-refractivity contribution in [2.75, 3.05) is 0 Å². The summed E-state index contributed by atoms with van der Waals surface area (Å²) in [6, 6.07) is 1.21. The van der Waals surface area contributed by atoms with Crippen LogP contribution in [0.3, 0.4) is 0 Å². The van der Waals surface area contributed by atoms with Crippen molar-refractivity contribution in [1.29, 1.82) is 0 Å². The smallest absolute Gasteiger partial charge is 0.391 e. The standard InChI is InChI=1S/C9H8F3NO3/c1-5-2-6(9(10,11)12)3-8(13(15)16)7(5)4-14/h2-3,14H,4H2,1H3. The zero-order valence-corrected chi connectivity index (χ0v) is 8.21. The van der Waals surface area contributed by atoms with Gasteiger partial charge in [-0.15, -0.1) is 0 Å². The molecule has 0 fully saturated rings. The highest BCUT2D eigenvalue weighted by atomic mass is 19.4. The molecule has 0 aromatic heterocycles. The number of aryl methyl sites for hydroxylation is 1. The van der Waals surface area contributed by atoms with Gasteiger partial charge in [-0.05, 0) is 18.6 Å². The van der Waals surface area contributed by atoms with E-state index in [4.69, 9.17) is 5.11 Å². The molecule has 0 aliphatic rings. The third-order valence-corrected chi connectivity index (χ3v) is 2.13. The molecular weight excluding hydrogens is 227 g/mol. The lowest BCUT2D eigenvalue weighted by Crippen LogP contribution is -2.08. The van der Waals surface area contributed by atoms with Crippen LogP contribution in [0.15, 0.2) is 12.1 Å². The molecule has 0 amide bonds. The van der Waals surface area contributed by atoms with Gasteiger partial charge in [0.15, 0.2) is 0 Å². The van der Waals surface area contributed by atoms with E-state index in [9.17, 15) is 23.3 Å². The first-order valence-corrected chi connectivity index (χ1v) is 4.23. The molecule has 0 heterocycles. The summed E-state index contributed by atoms with van der Waals surface area (Å²) in [5.74, 6) is 0. The summed E-state index contributed by atoms with van der Waals surface area (Å²) >= 11 is 0. The zero-order chi connectivity index (χ0) is 12.5. The molecule has 0 aliphatic carbocycles. The Balaban J connectivity index is 3.46. The van der Waals surface area contributed by atoms with E-state index in [2.05, 4.69) is 0 Å². The van der Waals surface area contributed by atoms with E-state index in [0.717, 1.165) is 6.07 Å². The van der Waals surface area contributed by atoms with E-state index in [-0.39, 0.29) is 11.1 Å². The first-order valence-electron chi connectivity index (χ1n) is 4.23. The first-order chi connectivity index (χ1) is 7.27. The van der Waals surface area contributed by atoms with Gasteiger partial charge in [0.05, 0.1) is 22.7 Å². The minimum Gasteiger partial charge on any atom is -0.391 e. The van der Waals surface area contributed by atoms with Crippen LogP contribution in [0, 0.1) is 17.0 Å². The third-order valence-electron chi connectivity index (χ3n) is 2.13. The third kappa shape index (κ3) is 2.30. The SMILES string of the molecule is Cc1cc(C(F)(F)F)cc([N+](=O)[O-])c1CO. The number of nitro groups is 1. The molecule has 88 valence electrons. The molecule has 16 heavy (non-hydrogen) atoms. The highest BCUT2D eigenvalue weighted by molar-refractivity contribution is 5.48. The fraction of sp³-hybridized carbons (Fsp3) is 0.333. The Labute approximate surface area is 88.5 Å². The van der Waals surface area contributed by atoms with Gasteiger partial charge in [-0.2, -0.15) is 13.2 Å². The lowest BCUT2D eigenvalue weighted by Gasteiger charge is -2.10. The topological polar surface area (TPSA) is 63.4 Å². The van der Waals surface area contributed by atoms with Crippen LogP contribution in [0.1, 0.15) is 16.7 Å². The summed E-state index contributed by atoms with van der Waals surface area (Å²) in [6.07, 6.45) is -4.64. The Morgan fingerprint density at radius 3 is 2.38 bits per heavy atom. The molecule has 1 aromatic carbocycles. The Morgan fingerprint density at radius 2 is 2.00 bits per heavy atom. The average molecular weight is 235 g/mol. The summed E-state index contributed by atoms with van der Waals surface area (Å²) < 4.78 is 37.1. The van der Waals surface area contributed by atoms with Crippen molar-refractivity contribution in [2.24, 2.45) is 0 Å². The van der Waals surface area contributed by atoms with E-state index < -0.39 is 29.0 Å². The van der Waals surface area contributed by atoms with Crippen molar-refractivity contribution < 1.29 is 23.2 Å². The van der Waals surface area contributed by atoms with Gasteiger partial charge in [0.25, 0.3) is 5.69 Å². The number of hydrogen-bond donors (Lipinski definition) is 1. The molecule has 0 atom stereocenters. The van der Waals surface area contributed by atoms with Crippen LogP contribution >= 0.6 is 0 Å². The van der Waals surface area contributed by atoms with Crippen LogP contribution in [-0.4, -0.2) is 10.0 Å². The number of halogens is 3. The second-order valence-corrected chi connectivity index (χ2v) is 3.20. The molecule has 1 rings (SSSR count). The number of aliphatic hydroxyl groups is 1. The van der Waals surface area contributed by atoms with Crippen LogP contribution in [0.2, 0.25) is 0 Å². The Kier molecular flexibility index (Phi) is 3.18. The minimum atomic E-state index is -4.64.